The Bertz CT molecular complexity index is 748. The summed E-state index contributed by atoms with van der Waals surface area (Å²) in [5.41, 5.74) is 1.07. The average Bonchev–Trinajstić information content (AvgIpc) is 2.89. The van der Waals surface area contributed by atoms with Crippen LogP contribution in [0.3, 0.4) is 0 Å². The molecule has 0 spiro atoms. The lowest BCUT2D eigenvalue weighted by Crippen LogP contribution is -2.42. The molecule has 0 unspecified atom stereocenters. The topological polar surface area (TPSA) is 75.2 Å². The van der Waals surface area contributed by atoms with Gasteiger partial charge in [0.25, 0.3) is 5.91 Å². The molecule has 23 heavy (non-hydrogen) atoms. The zero-order valence-corrected chi connectivity index (χ0v) is 12.5. The van der Waals surface area contributed by atoms with E-state index in [1.807, 2.05) is 0 Å². The summed E-state index contributed by atoms with van der Waals surface area (Å²) >= 11 is 0. The fraction of sp³-hybridized carbons (Fsp3) is 0.250. The van der Waals surface area contributed by atoms with E-state index in [2.05, 4.69) is 15.3 Å². The summed E-state index contributed by atoms with van der Waals surface area (Å²) in [6.45, 7) is 2.12. The van der Waals surface area contributed by atoms with E-state index in [-0.39, 0.29) is 17.3 Å². The van der Waals surface area contributed by atoms with Gasteiger partial charge in [-0.3, -0.25) is 14.6 Å². The number of para-hydroxylation sites is 1. The Morgan fingerprint density at radius 1 is 1.30 bits per heavy atom. The number of carbonyl (C=O) groups is 2. The van der Waals surface area contributed by atoms with Crippen molar-refractivity contribution in [1.82, 2.24) is 15.3 Å². The Labute approximate surface area is 132 Å². The fourth-order valence-electron chi connectivity index (χ4n) is 2.47. The van der Waals surface area contributed by atoms with Gasteiger partial charge in [-0.1, -0.05) is 12.1 Å². The number of hydrogen-bond donors (Lipinski definition) is 1. The van der Waals surface area contributed by atoms with Crippen molar-refractivity contribution in [1.29, 1.82) is 0 Å². The quantitative estimate of drug-likeness (QED) is 0.930. The molecule has 2 aromatic rings. The maximum Gasteiger partial charge on any atom is 0.272 e. The Kier molecular flexibility index (Phi) is 4.01. The van der Waals surface area contributed by atoms with E-state index < -0.39 is 17.8 Å². The third kappa shape index (κ3) is 3.03. The molecule has 2 amide bonds. The minimum atomic E-state index is -0.690. The van der Waals surface area contributed by atoms with Crippen molar-refractivity contribution in [2.24, 2.45) is 0 Å². The van der Waals surface area contributed by atoms with E-state index in [0.717, 1.165) is 0 Å². The number of hydrogen-bond acceptors (Lipinski definition) is 4. The van der Waals surface area contributed by atoms with E-state index in [4.69, 9.17) is 0 Å². The van der Waals surface area contributed by atoms with E-state index in [1.54, 1.807) is 25.1 Å². The first-order valence-electron chi connectivity index (χ1n) is 7.21. The normalized spacial score (nSPS) is 17.4. The molecule has 1 aromatic heterocycles. The SMILES string of the molecule is Cc1cnc(C(=O)N[C@H]2CCN(c3ccccc3F)C2=O)cn1. The molecule has 7 heteroatoms. The van der Waals surface area contributed by atoms with Gasteiger partial charge in [0.1, 0.15) is 17.6 Å². The van der Waals surface area contributed by atoms with Crippen LogP contribution in [0.1, 0.15) is 22.6 Å². The lowest BCUT2D eigenvalue weighted by molar-refractivity contribution is -0.118. The molecule has 1 atom stereocenters. The number of amides is 2. The first-order valence-corrected chi connectivity index (χ1v) is 7.21. The van der Waals surface area contributed by atoms with Crippen LogP contribution in [0.5, 0.6) is 0 Å². The molecular formula is C16H15FN4O2. The van der Waals surface area contributed by atoms with Crippen LogP contribution >= 0.6 is 0 Å². The lowest BCUT2D eigenvalue weighted by atomic mass is 10.2. The van der Waals surface area contributed by atoms with Crippen LogP contribution in [0.4, 0.5) is 10.1 Å². The van der Waals surface area contributed by atoms with Crippen LogP contribution in [-0.2, 0) is 4.79 Å². The van der Waals surface area contributed by atoms with Crippen LogP contribution in [0.2, 0.25) is 0 Å². The van der Waals surface area contributed by atoms with Gasteiger partial charge < -0.3 is 10.2 Å². The smallest absolute Gasteiger partial charge is 0.272 e. The minimum absolute atomic E-state index is 0.146. The van der Waals surface area contributed by atoms with Crippen molar-refractivity contribution in [3.63, 3.8) is 0 Å². The maximum atomic E-state index is 13.8. The predicted molar refractivity (Wildman–Crippen MR) is 81.4 cm³/mol. The Hall–Kier alpha value is -2.83. The van der Waals surface area contributed by atoms with Crippen molar-refractivity contribution >= 4 is 17.5 Å². The van der Waals surface area contributed by atoms with Crippen molar-refractivity contribution in [3.05, 3.63) is 53.9 Å². The highest BCUT2D eigenvalue weighted by Gasteiger charge is 2.35. The molecule has 1 saturated heterocycles. The summed E-state index contributed by atoms with van der Waals surface area (Å²) in [6.07, 6.45) is 3.26. The van der Waals surface area contributed by atoms with Crippen molar-refractivity contribution < 1.29 is 14.0 Å². The number of nitrogens with one attached hydrogen (secondary N) is 1. The van der Waals surface area contributed by atoms with E-state index in [1.165, 1.54) is 23.4 Å². The standard InChI is InChI=1S/C16H15FN4O2/c1-10-8-19-13(9-18-10)15(22)20-12-6-7-21(16(12)23)14-5-3-2-4-11(14)17/h2-5,8-9,12H,6-7H2,1H3,(H,20,22)/t12-/m0/s1. The summed E-state index contributed by atoms with van der Waals surface area (Å²) in [5.74, 6) is -1.26. The van der Waals surface area contributed by atoms with Crippen molar-refractivity contribution in [3.8, 4) is 0 Å². The summed E-state index contributed by atoms with van der Waals surface area (Å²) < 4.78 is 13.8. The predicted octanol–water partition coefficient (Wildman–Crippen LogP) is 1.46. The summed E-state index contributed by atoms with van der Waals surface area (Å²) in [5, 5.41) is 2.63. The lowest BCUT2D eigenvalue weighted by Gasteiger charge is -2.17. The largest absolute Gasteiger partial charge is 0.339 e. The zero-order valence-electron chi connectivity index (χ0n) is 12.5. The number of benzene rings is 1. The molecule has 1 N–H and O–H groups in total. The van der Waals surface area contributed by atoms with Crippen LogP contribution in [-0.4, -0.2) is 34.4 Å². The molecule has 3 rings (SSSR count). The highest BCUT2D eigenvalue weighted by Crippen LogP contribution is 2.24. The summed E-state index contributed by atoms with van der Waals surface area (Å²) in [6, 6.07) is 5.39. The van der Waals surface area contributed by atoms with Gasteiger partial charge in [0.2, 0.25) is 5.91 Å². The first-order chi connectivity index (χ1) is 11.1. The third-order valence-electron chi connectivity index (χ3n) is 3.67. The number of halogens is 1. The second-order valence-corrected chi connectivity index (χ2v) is 5.30. The number of aromatic nitrogens is 2. The van der Waals surface area contributed by atoms with Gasteiger partial charge in [0.15, 0.2) is 0 Å². The fourth-order valence-corrected chi connectivity index (χ4v) is 2.47. The summed E-state index contributed by atoms with van der Waals surface area (Å²) in [4.78, 5) is 33.8. The first kappa shape index (κ1) is 15.1. The number of carbonyl (C=O) groups excluding carboxylic acids is 2. The molecule has 0 radical (unpaired) electrons. The molecule has 0 bridgehead atoms. The molecule has 118 valence electrons. The second-order valence-electron chi connectivity index (χ2n) is 5.30. The molecule has 6 nitrogen and oxygen atoms in total. The molecule has 1 aromatic carbocycles. The molecule has 2 heterocycles. The molecule has 1 fully saturated rings. The molecular weight excluding hydrogens is 299 g/mol. The van der Waals surface area contributed by atoms with Gasteiger partial charge in [0.05, 0.1) is 17.6 Å². The average molecular weight is 314 g/mol. The number of anilines is 1. The van der Waals surface area contributed by atoms with Crippen LogP contribution in [0.15, 0.2) is 36.7 Å². The Morgan fingerprint density at radius 3 is 2.78 bits per heavy atom. The Balaban J connectivity index is 1.71. The van der Waals surface area contributed by atoms with Gasteiger partial charge in [-0.15, -0.1) is 0 Å². The summed E-state index contributed by atoms with van der Waals surface area (Å²) in [7, 11) is 0. The van der Waals surface area contributed by atoms with Gasteiger partial charge in [-0.2, -0.15) is 0 Å². The highest BCUT2D eigenvalue weighted by atomic mass is 19.1. The zero-order chi connectivity index (χ0) is 16.4. The third-order valence-corrected chi connectivity index (χ3v) is 3.67. The number of aryl methyl sites for hydroxylation is 1. The molecule has 0 aliphatic carbocycles. The molecule has 1 aliphatic rings. The highest BCUT2D eigenvalue weighted by molar-refractivity contribution is 6.03. The van der Waals surface area contributed by atoms with Crippen molar-refractivity contribution in [2.75, 3.05) is 11.4 Å². The van der Waals surface area contributed by atoms with E-state index in [9.17, 15) is 14.0 Å². The van der Waals surface area contributed by atoms with Crippen LogP contribution in [0, 0.1) is 12.7 Å². The number of nitrogens with zero attached hydrogens (tertiary/aromatic N) is 3. The van der Waals surface area contributed by atoms with Gasteiger partial charge in [0, 0.05) is 12.7 Å². The van der Waals surface area contributed by atoms with Gasteiger partial charge >= 0.3 is 0 Å². The monoisotopic (exact) mass is 314 g/mol. The Morgan fingerprint density at radius 2 is 2.09 bits per heavy atom. The number of rotatable bonds is 3. The molecule has 1 aliphatic heterocycles. The second kappa shape index (κ2) is 6.12. The molecule has 0 saturated carbocycles. The van der Waals surface area contributed by atoms with Crippen molar-refractivity contribution in [2.45, 2.75) is 19.4 Å². The van der Waals surface area contributed by atoms with Gasteiger partial charge in [-0.25, -0.2) is 9.37 Å². The van der Waals surface area contributed by atoms with E-state index >= 15 is 0 Å². The minimum Gasteiger partial charge on any atom is -0.339 e. The van der Waals surface area contributed by atoms with E-state index in [0.29, 0.717) is 18.7 Å². The van der Waals surface area contributed by atoms with Crippen LogP contribution in [0.25, 0.3) is 0 Å². The van der Waals surface area contributed by atoms with Gasteiger partial charge in [-0.05, 0) is 25.5 Å². The van der Waals surface area contributed by atoms with Crippen LogP contribution < -0.4 is 10.2 Å². The maximum absolute atomic E-state index is 13.8.